The van der Waals surface area contributed by atoms with Crippen molar-refractivity contribution in [3.05, 3.63) is 12.8 Å². The maximum Gasteiger partial charge on any atom is 0.0980 e. The lowest BCUT2D eigenvalue weighted by molar-refractivity contribution is 0.0443. The Morgan fingerprint density at radius 1 is 1.30 bits per heavy atom. The van der Waals surface area contributed by atoms with Crippen LogP contribution in [0.3, 0.4) is 0 Å². The summed E-state index contributed by atoms with van der Waals surface area (Å²) >= 11 is 0. The van der Waals surface area contributed by atoms with Crippen molar-refractivity contribution in [1.82, 2.24) is 0 Å². The van der Waals surface area contributed by atoms with Gasteiger partial charge in [0.25, 0.3) is 0 Å². The molecule has 1 saturated carbocycles. The van der Waals surface area contributed by atoms with Gasteiger partial charge in [-0.05, 0) is 25.7 Å². The minimum atomic E-state index is -0.0929. The van der Waals surface area contributed by atoms with E-state index in [-0.39, 0.29) is 6.10 Å². The molecule has 1 aliphatic rings. The number of aliphatic hydroxyl groups excluding tert-OH is 1. The van der Waals surface area contributed by atoms with Gasteiger partial charge in [0.2, 0.25) is 0 Å². The van der Waals surface area contributed by atoms with Crippen molar-refractivity contribution in [2.24, 2.45) is 0 Å². The van der Waals surface area contributed by atoms with Crippen LogP contribution in [0.15, 0.2) is 12.8 Å². The average molecular weight is 142 g/mol. The number of ether oxygens (including phenoxy) is 1. The van der Waals surface area contributed by atoms with E-state index in [1.165, 1.54) is 6.26 Å². The Hall–Kier alpha value is -0.500. The summed E-state index contributed by atoms with van der Waals surface area (Å²) in [6.45, 7) is 3.49. The molecule has 2 heteroatoms. The van der Waals surface area contributed by atoms with Crippen LogP contribution in [0.1, 0.15) is 25.7 Å². The van der Waals surface area contributed by atoms with E-state index in [2.05, 4.69) is 6.58 Å². The van der Waals surface area contributed by atoms with Crippen molar-refractivity contribution in [3.63, 3.8) is 0 Å². The molecule has 58 valence electrons. The van der Waals surface area contributed by atoms with Crippen LogP contribution in [-0.2, 0) is 4.74 Å². The molecule has 0 amide bonds. The monoisotopic (exact) mass is 142 g/mol. The lowest BCUT2D eigenvalue weighted by Gasteiger charge is -2.24. The van der Waals surface area contributed by atoms with E-state index in [1.807, 2.05) is 0 Å². The van der Waals surface area contributed by atoms with Gasteiger partial charge in [-0.2, -0.15) is 0 Å². The first kappa shape index (κ1) is 7.61. The predicted octanol–water partition coefficient (Wildman–Crippen LogP) is 1.45. The van der Waals surface area contributed by atoms with Crippen LogP contribution < -0.4 is 0 Å². The quantitative estimate of drug-likeness (QED) is 0.591. The fraction of sp³-hybridized carbons (Fsp3) is 0.750. The van der Waals surface area contributed by atoms with Gasteiger partial charge in [0.1, 0.15) is 0 Å². The van der Waals surface area contributed by atoms with Crippen molar-refractivity contribution in [3.8, 4) is 0 Å². The summed E-state index contributed by atoms with van der Waals surface area (Å²) in [4.78, 5) is 0. The van der Waals surface area contributed by atoms with Gasteiger partial charge in [0.15, 0.2) is 0 Å². The van der Waals surface area contributed by atoms with Crippen LogP contribution in [0.2, 0.25) is 0 Å². The molecule has 1 rings (SSSR count). The van der Waals surface area contributed by atoms with E-state index in [1.54, 1.807) is 0 Å². The maximum atomic E-state index is 9.11. The summed E-state index contributed by atoms with van der Waals surface area (Å²) in [6.07, 6.45) is 5.38. The van der Waals surface area contributed by atoms with Crippen molar-refractivity contribution in [2.75, 3.05) is 0 Å². The first-order valence-corrected chi connectivity index (χ1v) is 3.77. The molecule has 2 nitrogen and oxygen atoms in total. The smallest absolute Gasteiger partial charge is 0.0980 e. The Balaban J connectivity index is 2.19. The molecular weight excluding hydrogens is 128 g/mol. The van der Waals surface area contributed by atoms with Crippen molar-refractivity contribution in [2.45, 2.75) is 37.9 Å². The van der Waals surface area contributed by atoms with Crippen molar-refractivity contribution < 1.29 is 9.84 Å². The fourth-order valence-corrected chi connectivity index (χ4v) is 1.32. The molecular formula is C8H14O2. The largest absolute Gasteiger partial charge is 0.499 e. The molecule has 10 heavy (non-hydrogen) atoms. The van der Waals surface area contributed by atoms with E-state index in [9.17, 15) is 0 Å². The van der Waals surface area contributed by atoms with Crippen LogP contribution in [0, 0.1) is 0 Å². The Morgan fingerprint density at radius 3 is 2.40 bits per heavy atom. The summed E-state index contributed by atoms with van der Waals surface area (Å²) in [7, 11) is 0. The number of hydrogen-bond donors (Lipinski definition) is 1. The first-order chi connectivity index (χ1) is 4.83. The van der Waals surface area contributed by atoms with Gasteiger partial charge in [-0.1, -0.05) is 6.58 Å². The van der Waals surface area contributed by atoms with Gasteiger partial charge < -0.3 is 9.84 Å². The van der Waals surface area contributed by atoms with Crippen molar-refractivity contribution >= 4 is 0 Å². The van der Waals surface area contributed by atoms with Crippen molar-refractivity contribution in [1.29, 1.82) is 0 Å². The second kappa shape index (κ2) is 3.62. The normalized spacial score (nSPS) is 33.3. The van der Waals surface area contributed by atoms with Crippen LogP contribution >= 0.6 is 0 Å². The highest BCUT2D eigenvalue weighted by molar-refractivity contribution is 4.73. The molecule has 0 aromatic heterocycles. The SMILES string of the molecule is C=COC1CCC(O)CC1. The molecule has 1 aliphatic carbocycles. The lowest BCUT2D eigenvalue weighted by Crippen LogP contribution is -2.22. The highest BCUT2D eigenvalue weighted by Crippen LogP contribution is 2.20. The fourth-order valence-electron chi connectivity index (χ4n) is 1.32. The zero-order valence-electron chi connectivity index (χ0n) is 6.12. The van der Waals surface area contributed by atoms with Gasteiger partial charge in [-0.25, -0.2) is 0 Å². The summed E-state index contributed by atoms with van der Waals surface area (Å²) in [5, 5.41) is 9.11. The summed E-state index contributed by atoms with van der Waals surface area (Å²) in [5.41, 5.74) is 0. The first-order valence-electron chi connectivity index (χ1n) is 3.77. The van der Waals surface area contributed by atoms with Crippen LogP contribution in [0.5, 0.6) is 0 Å². The molecule has 0 aliphatic heterocycles. The summed E-state index contributed by atoms with van der Waals surface area (Å²) in [6, 6.07) is 0. The third-order valence-electron chi connectivity index (χ3n) is 1.93. The van der Waals surface area contributed by atoms with Gasteiger partial charge >= 0.3 is 0 Å². The molecule has 0 aromatic rings. The van der Waals surface area contributed by atoms with E-state index in [0.717, 1.165) is 25.7 Å². The molecule has 0 aromatic carbocycles. The molecule has 0 spiro atoms. The number of aliphatic hydroxyl groups is 1. The highest BCUT2D eigenvalue weighted by atomic mass is 16.5. The van der Waals surface area contributed by atoms with E-state index in [4.69, 9.17) is 9.84 Å². The lowest BCUT2D eigenvalue weighted by atomic mass is 9.95. The highest BCUT2D eigenvalue weighted by Gasteiger charge is 2.18. The molecule has 1 N–H and O–H groups in total. The number of hydrogen-bond acceptors (Lipinski definition) is 2. The molecule has 0 radical (unpaired) electrons. The van der Waals surface area contributed by atoms with Crippen LogP contribution in [0.4, 0.5) is 0 Å². The molecule has 0 heterocycles. The number of rotatable bonds is 2. The second-order valence-corrected chi connectivity index (χ2v) is 2.73. The average Bonchev–Trinajstić information content (AvgIpc) is 1.95. The van der Waals surface area contributed by atoms with E-state index in [0.29, 0.717) is 6.10 Å². The van der Waals surface area contributed by atoms with Gasteiger partial charge in [-0.15, -0.1) is 0 Å². The Kier molecular flexibility index (Phi) is 2.75. The predicted molar refractivity (Wildman–Crippen MR) is 39.5 cm³/mol. The Bertz CT molecular complexity index is 104. The molecule has 1 fully saturated rings. The topological polar surface area (TPSA) is 29.5 Å². The minimum Gasteiger partial charge on any atom is -0.499 e. The zero-order chi connectivity index (χ0) is 7.40. The van der Waals surface area contributed by atoms with Gasteiger partial charge in [0, 0.05) is 0 Å². The van der Waals surface area contributed by atoms with E-state index >= 15 is 0 Å². The van der Waals surface area contributed by atoms with E-state index < -0.39 is 0 Å². The zero-order valence-corrected chi connectivity index (χ0v) is 6.12. The Morgan fingerprint density at radius 2 is 1.90 bits per heavy atom. The van der Waals surface area contributed by atoms with Crippen LogP contribution in [-0.4, -0.2) is 17.3 Å². The summed E-state index contributed by atoms with van der Waals surface area (Å²) in [5.74, 6) is 0. The third-order valence-corrected chi connectivity index (χ3v) is 1.93. The standard InChI is InChI=1S/C8H14O2/c1-2-10-8-5-3-7(9)4-6-8/h2,7-9H,1,3-6H2. The molecule has 0 bridgehead atoms. The molecule has 0 atom stereocenters. The summed E-state index contributed by atoms with van der Waals surface area (Å²) < 4.78 is 5.18. The maximum absolute atomic E-state index is 9.11. The Labute approximate surface area is 61.5 Å². The third kappa shape index (κ3) is 2.03. The second-order valence-electron chi connectivity index (χ2n) is 2.73. The minimum absolute atomic E-state index is 0.0929. The van der Waals surface area contributed by atoms with Gasteiger partial charge in [-0.3, -0.25) is 0 Å². The van der Waals surface area contributed by atoms with Crippen LogP contribution in [0.25, 0.3) is 0 Å². The van der Waals surface area contributed by atoms with Gasteiger partial charge in [0.05, 0.1) is 18.5 Å². The molecule has 0 saturated heterocycles. The molecule has 0 unspecified atom stereocenters.